The van der Waals surface area contributed by atoms with Gasteiger partial charge in [0.2, 0.25) is 5.43 Å². The lowest BCUT2D eigenvalue weighted by molar-refractivity contribution is 0.101. The van der Waals surface area contributed by atoms with Crippen LogP contribution in [0.3, 0.4) is 0 Å². The second-order valence-electron chi connectivity index (χ2n) is 11.4. The maximum absolute atomic E-state index is 14.2. The van der Waals surface area contributed by atoms with E-state index in [0.717, 1.165) is 38.5 Å². The Morgan fingerprint density at radius 2 is 1.36 bits per heavy atom. The quantitative estimate of drug-likeness (QED) is 0.119. The molecule has 0 unspecified atom stereocenters. The molecule has 1 N–H and O–H groups in total. The average molecular weight is 539 g/mol. The molecule has 2 aromatic carbocycles. The van der Waals surface area contributed by atoms with Crippen LogP contribution in [0.2, 0.25) is 0 Å². The number of benzene rings is 2. The number of phenolic OH excluding ortho intramolecular Hbond substituents is 1. The average Bonchev–Trinajstić information content (AvgIpc) is 2.86. The first-order valence-corrected chi connectivity index (χ1v) is 14.7. The summed E-state index contributed by atoms with van der Waals surface area (Å²) in [4.78, 5) is 27.1. The summed E-state index contributed by atoms with van der Waals surface area (Å²) < 4.78 is 18.5. The molecule has 6 heteroatoms. The molecular weight excluding hydrogens is 492 g/mol. The summed E-state index contributed by atoms with van der Waals surface area (Å²) in [5.41, 5.74) is 2.02. The highest BCUT2D eigenvalue weighted by molar-refractivity contribution is 6.05. The number of aromatic hydroxyl groups is 1. The SMILES string of the molecule is CCCCOc1cc2oc3cc(OCCCC)c(C(C)=O)c(CCC(C)C)c3c(=O)c2c(O)c1CCC(C)C. The monoisotopic (exact) mass is 538 g/mol. The maximum atomic E-state index is 14.2. The van der Waals surface area contributed by atoms with Gasteiger partial charge in [-0.1, -0.05) is 54.4 Å². The molecular formula is C33H46O6. The summed E-state index contributed by atoms with van der Waals surface area (Å²) in [7, 11) is 0. The van der Waals surface area contributed by atoms with Gasteiger partial charge in [0, 0.05) is 17.7 Å². The number of Topliss-reactive ketones (excluding diaryl/α,β-unsaturated/α-hetero) is 1. The van der Waals surface area contributed by atoms with Gasteiger partial charge in [0.15, 0.2) is 5.78 Å². The van der Waals surface area contributed by atoms with Crippen molar-refractivity contribution in [2.45, 2.75) is 99.8 Å². The Bertz CT molecular complexity index is 1350. The Balaban J connectivity index is 2.37. The molecule has 0 amide bonds. The molecule has 0 atom stereocenters. The predicted molar refractivity (Wildman–Crippen MR) is 159 cm³/mol. The first kappa shape index (κ1) is 30.5. The summed E-state index contributed by atoms with van der Waals surface area (Å²) >= 11 is 0. The summed E-state index contributed by atoms with van der Waals surface area (Å²) in [5.74, 6) is 1.55. The topological polar surface area (TPSA) is 86.0 Å². The van der Waals surface area contributed by atoms with Crippen LogP contribution in [0, 0.1) is 11.8 Å². The van der Waals surface area contributed by atoms with E-state index in [-0.39, 0.29) is 27.9 Å². The van der Waals surface area contributed by atoms with Gasteiger partial charge in [-0.05, 0) is 62.8 Å². The summed E-state index contributed by atoms with van der Waals surface area (Å²) in [6.45, 7) is 15.2. The fourth-order valence-corrected chi connectivity index (χ4v) is 4.86. The molecule has 6 nitrogen and oxygen atoms in total. The zero-order chi connectivity index (χ0) is 28.7. The first-order valence-electron chi connectivity index (χ1n) is 14.7. The minimum absolute atomic E-state index is 0.0854. The molecule has 0 aliphatic heterocycles. The molecule has 0 aliphatic carbocycles. The highest BCUT2D eigenvalue weighted by Gasteiger charge is 2.26. The molecule has 0 aliphatic rings. The van der Waals surface area contributed by atoms with Crippen LogP contribution in [0.1, 0.15) is 108 Å². The lowest BCUT2D eigenvalue weighted by atomic mass is 9.91. The van der Waals surface area contributed by atoms with Gasteiger partial charge in [0.05, 0.1) is 24.2 Å². The Kier molecular flexibility index (Phi) is 10.8. The number of unbranched alkanes of at least 4 members (excludes halogenated alkanes) is 2. The van der Waals surface area contributed by atoms with Gasteiger partial charge in [-0.25, -0.2) is 0 Å². The number of aryl methyl sites for hydroxylation is 1. The molecule has 0 bridgehead atoms. The van der Waals surface area contributed by atoms with E-state index in [1.807, 2.05) is 0 Å². The van der Waals surface area contributed by atoms with E-state index < -0.39 is 0 Å². The van der Waals surface area contributed by atoms with Gasteiger partial charge >= 0.3 is 0 Å². The Labute approximate surface area is 232 Å². The van der Waals surface area contributed by atoms with E-state index in [4.69, 9.17) is 13.9 Å². The van der Waals surface area contributed by atoms with Gasteiger partial charge in [0.1, 0.15) is 33.8 Å². The Hall–Kier alpha value is -3.02. The minimum atomic E-state index is -0.323. The van der Waals surface area contributed by atoms with Crippen molar-refractivity contribution >= 4 is 27.7 Å². The number of ketones is 1. The highest BCUT2D eigenvalue weighted by atomic mass is 16.5. The number of rotatable bonds is 15. The lowest BCUT2D eigenvalue weighted by Gasteiger charge is -2.19. The third kappa shape index (κ3) is 7.14. The third-order valence-electron chi connectivity index (χ3n) is 7.17. The van der Waals surface area contributed by atoms with Crippen LogP contribution in [0.25, 0.3) is 21.9 Å². The van der Waals surface area contributed by atoms with Crippen LogP contribution < -0.4 is 14.9 Å². The molecule has 0 radical (unpaired) electrons. The van der Waals surface area contributed by atoms with Crippen molar-refractivity contribution in [1.29, 1.82) is 0 Å². The Morgan fingerprint density at radius 3 is 1.90 bits per heavy atom. The molecule has 0 spiro atoms. The molecule has 3 aromatic rings. The summed E-state index contributed by atoms with van der Waals surface area (Å²) in [6.07, 6.45) is 6.43. The molecule has 214 valence electrons. The lowest BCUT2D eigenvalue weighted by Crippen LogP contribution is -2.14. The van der Waals surface area contributed by atoms with Gasteiger partial charge in [-0.15, -0.1) is 0 Å². The van der Waals surface area contributed by atoms with E-state index in [0.29, 0.717) is 77.0 Å². The second-order valence-corrected chi connectivity index (χ2v) is 11.4. The van der Waals surface area contributed by atoms with E-state index in [2.05, 4.69) is 41.5 Å². The maximum Gasteiger partial charge on any atom is 0.204 e. The van der Waals surface area contributed by atoms with Crippen LogP contribution in [0.15, 0.2) is 21.3 Å². The van der Waals surface area contributed by atoms with Crippen molar-refractivity contribution < 1.29 is 23.8 Å². The van der Waals surface area contributed by atoms with E-state index in [1.54, 1.807) is 12.1 Å². The second kappa shape index (κ2) is 13.9. The molecule has 0 saturated heterocycles. The van der Waals surface area contributed by atoms with Crippen LogP contribution >= 0.6 is 0 Å². The fourth-order valence-electron chi connectivity index (χ4n) is 4.86. The van der Waals surface area contributed by atoms with Crippen LogP contribution in [0.4, 0.5) is 0 Å². The largest absolute Gasteiger partial charge is 0.507 e. The van der Waals surface area contributed by atoms with Gasteiger partial charge in [0.25, 0.3) is 0 Å². The number of hydrogen-bond donors (Lipinski definition) is 1. The molecule has 39 heavy (non-hydrogen) atoms. The van der Waals surface area contributed by atoms with Gasteiger partial charge in [-0.3, -0.25) is 9.59 Å². The van der Waals surface area contributed by atoms with Crippen LogP contribution in [0.5, 0.6) is 17.2 Å². The van der Waals surface area contributed by atoms with Crippen LogP contribution in [-0.4, -0.2) is 24.1 Å². The molecule has 0 saturated carbocycles. The van der Waals surface area contributed by atoms with Gasteiger partial charge < -0.3 is 19.0 Å². The van der Waals surface area contributed by atoms with Crippen molar-refractivity contribution in [3.8, 4) is 17.2 Å². The summed E-state index contributed by atoms with van der Waals surface area (Å²) in [5, 5.41) is 12.0. The van der Waals surface area contributed by atoms with Crippen molar-refractivity contribution in [3.05, 3.63) is 39.0 Å². The van der Waals surface area contributed by atoms with Crippen molar-refractivity contribution in [1.82, 2.24) is 0 Å². The fraction of sp³-hybridized carbons (Fsp3) is 0.576. The van der Waals surface area contributed by atoms with E-state index in [9.17, 15) is 14.7 Å². The van der Waals surface area contributed by atoms with Gasteiger partial charge in [-0.2, -0.15) is 0 Å². The minimum Gasteiger partial charge on any atom is -0.507 e. The smallest absolute Gasteiger partial charge is 0.204 e. The molecule has 3 rings (SSSR count). The normalized spacial score (nSPS) is 11.7. The Morgan fingerprint density at radius 1 is 0.846 bits per heavy atom. The van der Waals surface area contributed by atoms with Crippen molar-refractivity contribution in [2.24, 2.45) is 11.8 Å². The number of hydrogen-bond acceptors (Lipinski definition) is 6. The number of carbonyl (C=O) groups is 1. The number of fused-ring (bicyclic) bond motifs is 2. The third-order valence-corrected chi connectivity index (χ3v) is 7.17. The molecule has 1 heterocycles. The predicted octanol–water partition coefficient (Wildman–Crippen LogP) is 8.39. The summed E-state index contributed by atoms with van der Waals surface area (Å²) in [6, 6.07) is 3.41. The van der Waals surface area contributed by atoms with E-state index >= 15 is 0 Å². The number of phenols is 1. The standard InChI is InChI=1S/C33H46O6/c1-8-10-16-37-25-18-28-31(32(35)23(25)14-12-20(3)4)33(36)30-24(15-13-21(5)6)29(22(7)34)26(19-27(30)39-28)38-17-11-9-2/h18-21,35H,8-17H2,1-7H3. The molecule has 1 aromatic heterocycles. The zero-order valence-electron chi connectivity index (χ0n) is 24.9. The van der Waals surface area contributed by atoms with Crippen molar-refractivity contribution in [3.63, 3.8) is 0 Å². The van der Waals surface area contributed by atoms with Crippen molar-refractivity contribution in [2.75, 3.05) is 13.2 Å². The highest BCUT2D eigenvalue weighted by Crippen LogP contribution is 2.40. The van der Waals surface area contributed by atoms with E-state index in [1.165, 1.54) is 6.92 Å². The zero-order valence-corrected chi connectivity index (χ0v) is 24.9. The molecule has 0 fully saturated rings. The number of carbonyl (C=O) groups excluding carboxylic acids is 1. The van der Waals surface area contributed by atoms with Crippen LogP contribution in [-0.2, 0) is 12.8 Å². The first-order chi connectivity index (χ1) is 18.6. The number of ether oxygens (including phenoxy) is 2.